The maximum atomic E-state index is 5.46. The van der Waals surface area contributed by atoms with Crippen molar-refractivity contribution in [2.24, 2.45) is 0 Å². The summed E-state index contributed by atoms with van der Waals surface area (Å²) in [5.74, 6) is 3.59. The molecule has 122 valence electrons. The molecule has 1 unspecified atom stereocenters. The van der Waals surface area contributed by atoms with Crippen molar-refractivity contribution in [3.8, 4) is 28.7 Å². The van der Waals surface area contributed by atoms with E-state index in [-0.39, 0.29) is 12.7 Å². The zero-order valence-corrected chi connectivity index (χ0v) is 13.7. The van der Waals surface area contributed by atoms with E-state index in [1.165, 1.54) is 0 Å². The fourth-order valence-corrected chi connectivity index (χ4v) is 2.73. The quantitative estimate of drug-likeness (QED) is 0.843. The van der Waals surface area contributed by atoms with Crippen LogP contribution in [0.3, 0.4) is 0 Å². The summed E-state index contributed by atoms with van der Waals surface area (Å²) in [4.78, 5) is 0. The highest BCUT2D eigenvalue weighted by molar-refractivity contribution is 5.56. The molecule has 0 aliphatic carbocycles. The van der Waals surface area contributed by atoms with Crippen LogP contribution in [0.25, 0.3) is 0 Å². The number of fused-ring (bicyclic) bond motifs is 1. The van der Waals surface area contributed by atoms with Gasteiger partial charge in [0.15, 0.2) is 23.0 Å². The van der Waals surface area contributed by atoms with Crippen molar-refractivity contribution in [2.45, 2.75) is 12.8 Å². The third kappa shape index (κ3) is 2.74. The molecular formula is C18H20O5. The monoisotopic (exact) mass is 316 g/mol. The molecule has 0 amide bonds. The first kappa shape index (κ1) is 15.3. The van der Waals surface area contributed by atoms with Crippen LogP contribution in [-0.4, -0.2) is 28.1 Å². The Balaban J connectivity index is 2.00. The number of benzene rings is 2. The van der Waals surface area contributed by atoms with Crippen LogP contribution in [0.4, 0.5) is 0 Å². The third-order valence-electron chi connectivity index (χ3n) is 4.08. The summed E-state index contributed by atoms with van der Waals surface area (Å²) in [6, 6.07) is 9.93. The Morgan fingerprint density at radius 1 is 0.826 bits per heavy atom. The van der Waals surface area contributed by atoms with Crippen molar-refractivity contribution in [3.63, 3.8) is 0 Å². The maximum Gasteiger partial charge on any atom is 0.231 e. The number of hydrogen-bond acceptors (Lipinski definition) is 5. The van der Waals surface area contributed by atoms with Gasteiger partial charge in [0.25, 0.3) is 0 Å². The van der Waals surface area contributed by atoms with Crippen molar-refractivity contribution >= 4 is 0 Å². The van der Waals surface area contributed by atoms with Gasteiger partial charge < -0.3 is 23.7 Å². The Labute approximate surface area is 135 Å². The minimum Gasteiger partial charge on any atom is -0.493 e. The molecule has 5 heteroatoms. The fourth-order valence-electron chi connectivity index (χ4n) is 2.73. The average molecular weight is 316 g/mol. The Hall–Kier alpha value is -2.56. The first-order valence-corrected chi connectivity index (χ1v) is 7.37. The lowest BCUT2D eigenvalue weighted by atomic mass is 9.92. The standard InChI is InChI=1S/C18H20O5/c1-11(12-5-6-14-15(7-12)23-10-22-14)13-8-16(19-2)18(21-4)17(9-13)20-3/h5-9,11H,10H2,1-4H3. The largest absolute Gasteiger partial charge is 0.493 e. The van der Waals surface area contributed by atoms with Crippen molar-refractivity contribution in [1.82, 2.24) is 0 Å². The smallest absolute Gasteiger partial charge is 0.231 e. The number of rotatable bonds is 5. The van der Waals surface area contributed by atoms with Gasteiger partial charge in [-0.2, -0.15) is 0 Å². The second-order valence-corrected chi connectivity index (χ2v) is 5.29. The molecule has 1 atom stereocenters. The molecule has 0 saturated heterocycles. The molecule has 0 radical (unpaired) electrons. The highest BCUT2D eigenvalue weighted by atomic mass is 16.7. The van der Waals surface area contributed by atoms with Crippen LogP contribution < -0.4 is 23.7 Å². The van der Waals surface area contributed by atoms with E-state index in [1.807, 2.05) is 30.3 Å². The number of ether oxygens (including phenoxy) is 5. The molecule has 0 spiro atoms. The van der Waals surface area contributed by atoms with E-state index >= 15 is 0 Å². The van der Waals surface area contributed by atoms with E-state index in [9.17, 15) is 0 Å². The predicted molar refractivity (Wildman–Crippen MR) is 86.2 cm³/mol. The second-order valence-electron chi connectivity index (χ2n) is 5.29. The SMILES string of the molecule is COc1cc(C(C)c2ccc3c(c2)OCO3)cc(OC)c1OC. The van der Waals surface area contributed by atoms with Crippen molar-refractivity contribution in [2.75, 3.05) is 28.1 Å². The van der Waals surface area contributed by atoms with Crippen molar-refractivity contribution in [1.29, 1.82) is 0 Å². The summed E-state index contributed by atoms with van der Waals surface area (Å²) in [5, 5.41) is 0. The molecule has 0 N–H and O–H groups in total. The van der Waals surface area contributed by atoms with Crippen LogP contribution in [0.1, 0.15) is 24.0 Å². The number of hydrogen-bond donors (Lipinski definition) is 0. The molecule has 1 heterocycles. The van der Waals surface area contributed by atoms with Gasteiger partial charge in [0.2, 0.25) is 12.5 Å². The maximum absolute atomic E-state index is 5.46. The Morgan fingerprint density at radius 3 is 2.09 bits per heavy atom. The van der Waals surface area contributed by atoms with Crippen LogP contribution in [0.2, 0.25) is 0 Å². The predicted octanol–water partition coefficient (Wildman–Crippen LogP) is 3.59. The van der Waals surface area contributed by atoms with Gasteiger partial charge in [-0.15, -0.1) is 0 Å². The number of methoxy groups -OCH3 is 3. The molecule has 23 heavy (non-hydrogen) atoms. The fraction of sp³-hybridized carbons (Fsp3) is 0.333. The van der Waals surface area contributed by atoms with Crippen molar-refractivity contribution in [3.05, 3.63) is 41.5 Å². The van der Waals surface area contributed by atoms with Crippen LogP contribution >= 0.6 is 0 Å². The molecule has 5 nitrogen and oxygen atoms in total. The lowest BCUT2D eigenvalue weighted by Gasteiger charge is -2.18. The summed E-state index contributed by atoms with van der Waals surface area (Å²) >= 11 is 0. The first-order valence-electron chi connectivity index (χ1n) is 7.37. The van der Waals surface area contributed by atoms with Gasteiger partial charge in [-0.25, -0.2) is 0 Å². The lowest BCUT2D eigenvalue weighted by Crippen LogP contribution is -2.01. The molecule has 0 bridgehead atoms. The van der Waals surface area contributed by atoms with Crippen LogP contribution in [0.5, 0.6) is 28.7 Å². The van der Waals surface area contributed by atoms with Crippen LogP contribution in [0.15, 0.2) is 30.3 Å². The molecule has 1 aliphatic heterocycles. The summed E-state index contributed by atoms with van der Waals surface area (Å²) in [7, 11) is 4.83. The van der Waals surface area contributed by atoms with E-state index in [4.69, 9.17) is 23.7 Å². The first-order chi connectivity index (χ1) is 11.2. The van der Waals surface area contributed by atoms with Gasteiger partial charge in [0.05, 0.1) is 21.3 Å². The lowest BCUT2D eigenvalue weighted by molar-refractivity contribution is 0.174. The third-order valence-corrected chi connectivity index (χ3v) is 4.08. The second kappa shape index (κ2) is 6.28. The average Bonchev–Trinajstić information content (AvgIpc) is 3.07. The Kier molecular flexibility index (Phi) is 4.19. The highest BCUT2D eigenvalue weighted by Crippen LogP contribution is 2.42. The Morgan fingerprint density at radius 2 is 1.48 bits per heavy atom. The molecule has 1 aliphatic rings. The summed E-state index contributed by atoms with van der Waals surface area (Å²) < 4.78 is 27.1. The Bertz CT molecular complexity index is 686. The topological polar surface area (TPSA) is 46.2 Å². The molecule has 3 rings (SSSR count). The zero-order chi connectivity index (χ0) is 16.4. The van der Waals surface area contributed by atoms with Crippen LogP contribution in [-0.2, 0) is 0 Å². The molecule has 0 aromatic heterocycles. The normalized spacial score (nSPS) is 13.6. The molecule has 2 aromatic rings. The highest BCUT2D eigenvalue weighted by Gasteiger charge is 2.20. The van der Waals surface area contributed by atoms with Gasteiger partial charge in [-0.1, -0.05) is 13.0 Å². The van der Waals surface area contributed by atoms with Gasteiger partial charge in [0, 0.05) is 5.92 Å². The molecule has 0 fully saturated rings. The summed E-state index contributed by atoms with van der Waals surface area (Å²) in [6.45, 7) is 2.40. The molecule has 0 saturated carbocycles. The summed E-state index contributed by atoms with van der Waals surface area (Å²) in [5.41, 5.74) is 2.20. The minimum atomic E-state index is 0.137. The van der Waals surface area contributed by atoms with E-state index in [2.05, 4.69) is 6.92 Å². The van der Waals surface area contributed by atoms with Crippen molar-refractivity contribution < 1.29 is 23.7 Å². The van der Waals surface area contributed by atoms with Gasteiger partial charge >= 0.3 is 0 Å². The van der Waals surface area contributed by atoms with Crippen LogP contribution in [0, 0.1) is 0 Å². The molecule has 2 aromatic carbocycles. The zero-order valence-electron chi connectivity index (χ0n) is 13.7. The molecular weight excluding hydrogens is 296 g/mol. The van der Waals surface area contributed by atoms with Gasteiger partial charge in [-0.05, 0) is 35.4 Å². The van der Waals surface area contributed by atoms with E-state index in [0.717, 1.165) is 22.6 Å². The summed E-state index contributed by atoms with van der Waals surface area (Å²) in [6.07, 6.45) is 0. The van der Waals surface area contributed by atoms with Gasteiger partial charge in [0.1, 0.15) is 0 Å². The van der Waals surface area contributed by atoms with E-state index < -0.39 is 0 Å². The van der Waals surface area contributed by atoms with Gasteiger partial charge in [-0.3, -0.25) is 0 Å². The van der Waals surface area contributed by atoms with E-state index in [1.54, 1.807) is 21.3 Å². The minimum absolute atomic E-state index is 0.137. The van der Waals surface area contributed by atoms with E-state index in [0.29, 0.717) is 17.2 Å².